The fourth-order valence-corrected chi connectivity index (χ4v) is 10.7. The third-order valence-corrected chi connectivity index (χ3v) is 14.6. The minimum absolute atomic E-state index is 0.160. The Morgan fingerprint density at radius 1 is 0.480 bits per heavy atom. The van der Waals surface area contributed by atoms with E-state index in [1.54, 1.807) is 0 Å². The fourth-order valence-electron chi connectivity index (χ4n) is 10.7. The molecule has 0 atom stereocenters. The van der Waals surface area contributed by atoms with Crippen LogP contribution in [0.25, 0.3) is 44.1 Å². The highest BCUT2D eigenvalue weighted by atomic mass is 16.5. The Kier molecular flexibility index (Phi) is 16.8. The average molecular weight is 993 g/mol. The Morgan fingerprint density at radius 2 is 0.867 bits per heavy atom. The van der Waals surface area contributed by atoms with Crippen LogP contribution in [0.3, 0.4) is 0 Å². The van der Waals surface area contributed by atoms with E-state index >= 15 is 0 Å². The molecule has 0 saturated heterocycles. The molecule has 0 aliphatic rings. The van der Waals surface area contributed by atoms with Crippen molar-refractivity contribution in [3.05, 3.63) is 238 Å². The van der Waals surface area contributed by atoms with Crippen molar-refractivity contribution in [1.29, 1.82) is 0 Å². The van der Waals surface area contributed by atoms with Crippen LogP contribution in [-0.4, -0.2) is 79.7 Å². The van der Waals surface area contributed by atoms with Gasteiger partial charge in [-0.05, 0) is 176 Å². The van der Waals surface area contributed by atoms with E-state index in [2.05, 4.69) is 245 Å². The Labute approximate surface area is 445 Å². The highest BCUT2D eigenvalue weighted by Crippen LogP contribution is 2.45. The maximum absolute atomic E-state index is 12.2. The van der Waals surface area contributed by atoms with Gasteiger partial charge in [-0.15, -0.1) is 0 Å². The lowest BCUT2D eigenvalue weighted by atomic mass is 9.82. The largest absolute Gasteiger partial charge is 0.492 e. The van der Waals surface area contributed by atoms with Crippen LogP contribution in [0.15, 0.2) is 182 Å². The topological polar surface area (TPSA) is 51.9 Å². The van der Waals surface area contributed by atoms with Crippen LogP contribution in [0.2, 0.25) is 0 Å². The van der Waals surface area contributed by atoms with Gasteiger partial charge in [0.1, 0.15) is 31.0 Å². The number of aldehydes is 1. The van der Waals surface area contributed by atoms with Gasteiger partial charge in [0, 0.05) is 71.9 Å². The van der Waals surface area contributed by atoms with Gasteiger partial charge in [-0.2, -0.15) is 0 Å². The molecule has 2 aromatic heterocycles. The van der Waals surface area contributed by atoms with Crippen LogP contribution in [0.4, 0.5) is 0 Å². The number of aryl methyl sites for hydroxylation is 2. The van der Waals surface area contributed by atoms with Crippen LogP contribution >= 0.6 is 0 Å². The molecule has 0 N–H and O–H groups in total. The van der Waals surface area contributed by atoms with Gasteiger partial charge in [0.15, 0.2) is 0 Å². The first-order chi connectivity index (χ1) is 36.6. The standard InChI is InChI=1S/C68H72N4O3/c1-9-58(66(49-19-15-13-16-20-49)51-27-33-56(34-28-51)74-41-39-69(5)6)54-31-37-64-60(43-54)62(45-71(64)11-3)68(53-25-23-48(47-73)24-26-53)63-46-72(12-4)65-38-32-55(44-61(63)65)59(10-2)67(50-21-17-14-18-22-50)52-29-35-57(36-30-52)75-42-40-70(7)8/h13-38,43-47,68H,9-12,39-42H2,1-8H3/b66-58-,67-59-. The molecule has 9 rings (SSSR count). The lowest BCUT2D eigenvalue weighted by molar-refractivity contribution is 0.112. The number of rotatable bonds is 22. The summed E-state index contributed by atoms with van der Waals surface area (Å²) in [4.78, 5) is 16.4. The molecular formula is C68H72N4O3. The van der Waals surface area contributed by atoms with Gasteiger partial charge >= 0.3 is 0 Å². The van der Waals surface area contributed by atoms with Crippen molar-refractivity contribution in [3.63, 3.8) is 0 Å². The number of fused-ring (bicyclic) bond motifs is 2. The molecule has 0 bridgehead atoms. The summed E-state index contributed by atoms with van der Waals surface area (Å²) in [5, 5.41) is 2.43. The Balaban J connectivity index is 1.24. The van der Waals surface area contributed by atoms with Crippen LogP contribution in [0.1, 0.15) is 107 Å². The van der Waals surface area contributed by atoms with Crippen LogP contribution in [0.5, 0.6) is 11.5 Å². The van der Waals surface area contributed by atoms with Gasteiger partial charge in [-0.25, -0.2) is 0 Å². The molecule has 0 aliphatic carbocycles. The van der Waals surface area contributed by atoms with Crippen molar-refractivity contribution < 1.29 is 14.3 Å². The number of carbonyl (C=O) groups excluding carboxylic acids is 1. The van der Waals surface area contributed by atoms with Gasteiger partial charge in [0.2, 0.25) is 0 Å². The third kappa shape index (κ3) is 11.5. The summed E-state index contributed by atoms with van der Waals surface area (Å²) in [5.41, 5.74) is 18.7. The van der Waals surface area contributed by atoms with Crippen molar-refractivity contribution in [3.8, 4) is 11.5 Å². The number of allylic oxidation sites excluding steroid dienone is 2. The molecule has 0 aliphatic heterocycles. The molecule has 75 heavy (non-hydrogen) atoms. The molecule has 0 amide bonds. The number of carbonyl (C=O) groups is 1. The third-order valence-electron chi connectivity index (χ3n) is 14.6. The van der Waals surface area contributed by atoms with E-state index in [0.717, 1.165) is 73.5 Å². The minimum Gasteiger partial charge on any atom is -0.492 e. The molecule has 0 spiro atoms. The summed E-state index contributed by atoms with van der Waals surface area (Å²) in [6.07, 6.45) is 7.36. The number of benzene rings is 7. The zero-order chi connectivity index (χ0) is 52.4. The predicted octanol–water partition coefficient (Wildman–Crippen LogP) is 15.2. The van der Waals surface area contributed by atoms with Crippen LogP contribution < -0.4 is 9.47 Å². The average Bonchev–Trinajstić information content (AvgIpc) is 4.01. The summed E-state index contributed by atoms with van der Waals surface area (Å²) in [6.45, 7) is 13.6. The fraction of sp³-hybridized carbons (Fsp3) is 0.250. The normalized spacial score (nSPS) is 12.8. The highest BCUT2D eigenvalue weighted by molar-refractivity contribution is 6.03. The maximum Gasteiger partial charge on any atom is 0.150 e. The number of ether oxygens (including phenoxy) is 2. The lowest BCUT2D eigenvalue weighted by Crippen LogP contribution is -2.19. The monoisotopic (exact) mass is 993 g/mol. The molecule has 382 valence electrons. The van der Waals surface area contributed by atoms with E-state index in [4.69, 9.17) is 9.47 Å². The van der Waals surface area contributed by atoms with Crippen molar-refractivity contribution in [1.82, 2.24) is 18.9 Å². The zero-order valence-electron chi connectivity index (χ0n) is 45.1. The van der Waals surface area contributed by atoms with Crippen molar-refractivity contribution in [2.45, 2.75) is 59.5 Å². The van der Waals surface area contributed by atoms with Crippen LogP contribution in [0, 0.1) is 0 Å². The quantitative estimate of drug-likeness (QED) is 0.0500. The highest BCUT2D eigenvalue weighted by Gasteiger charge is 2.27. The number of hydrogen-bond acceptors (Lipinski definition) is 5. The molecule has 7 aromatic carbocycles. The smallest absolute Gasteiger partial charge is 0.150 e. The number of nitrogens with zero attached hydrogens (tertiary/aromatic N) is 4. The first-order valence-electron chi connectivity index (χ1n) is 26.8. The molecule has 0 saturated carbocycles. The van der Waals surface area contributed by atoms with Crippen molar-refractivity contribution in [2.24, 2.45) is 0 Å². The van der Waals surface area contributed by atoms with Gasteiger partial charge in [0.05, 0.1) is 0 Å². The van der Waals surface area contributed by atoms with Crippen molar-refractivity contribution >= 4 is 50.4 Å². The summed E-state index contributed by atoms with van der Waals surface area (Å²) < 4.78 is 17.1. The summed E-state index contributed by atoms with van der Waals surface area (Å²) >= 11 is 0. The minimum atomic E-state index is -0.160. The predicted molar refractivity (Wildman–Crippen MR) is 314 cm³/mol. The van der Waals surface area contributed by atoms with E-state index in [-0.39, 0.29) is 5.92 Å². The molecule has 7 nitrogen and oxygen atoms in total. The lowest BCUT2D eigenvalue weighted by Gasteiger charge is -2.20. The Bertz CT molecular complexity index is 3210. The second-order valence-corrected chi connectivity index (χ2v) is 19.9. The second kappa shape index (κ2) is 24.1. The van der Waals surface area contributed by atoms with Gasteiger partial charge in [-0.3, -0.25) is 4.79 Å². The van der Waals surface area contributed by atoms with E-state index in [1.807, 2.05) is 12.1 Å². The number of hydrogen-bond donors (Lipinski definition) is 0. The molecule has 0 fully saturated rings. The zero-order valence-corrected chi connectivity index (χ0v) is 45.1. The van der Waals surface area contributed by atoms with E-state index in [9.17, 15) is 4.79 Å². The molecule has 0 radical (unpaired) electrons. The second-order valence-electron chi connectivity index (χ2n) is 19.9. The van der Waals surface area contributed by atoms with Crippen molar-refractivity contribution in [2.75, 3.05) is 54.5 Å². The molecular weight excluding hydrogens is 921 g/mol. The maximum atomic E-state index is 12.2. The molecule has 7 heteroatoms. The molecule has 0 unspecified atom stereocenters. The van der Waals surface area contributed by atoms with Gasteiger partial charge in [-0.1, -0.05) is 135 Å². The summed E-state index contributed by atoms with van der Waals surface area (Å²) in [6, 6.07) is 61.2. The first kappa shape index (κ1) is 52.2. The van der Waals surface area contributed by atoms with E-state index in [0.29, 0.717) is 18.8 Å². The van der Waals surface area contributed by atoms with Crippen LogP contribution in [-0.2, 0) is 13.1 Å². The summed E-state index contributed by atoms with van der Waals surface area (Å²) in [5.74, 6) is 1.58. The van der Waals surface area contributed by atoms with Gasteiger partial charge < -0.3 is 28.4 Å². The van der Waals surface area contributed by atoms with Gasteiger partial charge in [0.25, 0.3) is 0 Å². The Hall–Kier alpha value is -7.71. The molecule has 9 aromatic rings. The Morgan fingerprint density at radius 3 is 1.23 bits per heavy atom. The number of aromatic nitrogens is 2. The molecule has 2 heterocycles. The van der Waals surface area contributed by atoms with E-state index in [1.165, 1.54) is 77.5 Å². The first-order valence-corrected chi connectivity index (χ1v) is 26.8. The summed E-state index contributed by atoms with van der Waals surface area (Å²) in [7, 11) is 8.26. The SMILES string of the molecule is CC/C(=C(\c1ccccc1)c1ccc(OCCN(C)C)cc1)c1ccc2c(c1)c(C(c1ccc(C=O)cc1)c1cn(CC)c3ccc(/C(CC)=C(/c4ccccc4)c4ccc(OCCN(C)C)cc4)cc13)cn2CC. The number of likely N-dealkylation sites (N-methyl/N-ethyl adjacent to an activating group) is 2. The van der Waals surface area contributed by atoms with E-state index < -0.39 is 0 Å².